The van der Waals surface area contributed by atoms with Crippen LogP contribution in [0, 0.1) is 0 Å². The largest absolute Gasteiger partial charge is 0.487 e. The van der Waals surface area contributed by atoms with Gasteiger partial charge >= 0.3 is 5.97 Å². The van der Waals surface area contributed by atoms with Crippen LogP contribution in [0.15, 0.2) is 54.6 Å². The first kappa shape index (κ1) is 30.9. The van der Waals surface area contributed by atoms with E-state index in [1.807, 2.05) is 31.2 Å². The molecule has 0 aliphatic heterocycles. The molecule has 2 aromatic carbocycles. The number of carbonyl (C=O) groups excluding carboxylic acids is 1. The second-order valence-electron chi connectivity index (χ2n) is 11.3. The molecule has 0 spiro atoms. The Balaban J connectivity index is 1.59. The van der Waals surface area contributed by atoms with Crippen molar-refractivity contribution in [3.05, 3.63) is 65.7 Å². The predicted molar refractivity (Wildman–Crippen MR) is 155 cm³/mol. The number of likely N-dealkylation sites (N-methyl/N-ethyl adjacent to an activating group) is 1. The molecule has 0 radical (unpaired) electrons. The van der Waals surface area contributed by atoms with Gasteiger partial charge in [0.1, 0.15) is 25.0 Å². The number of carbonyl (C=O) groups is 1. The van der Waals surface area contributed by atoms with Gasteiger partial charge in [0.15, 0.2) is 6.54 Å². The minimum atomic E-state index is -0.193. The summed E-state index contributed by atoms with van der Waals surface area (Å²) in [4.78, 5) is 12.4. The van der Waals surface area contributed by atoms with Crippen molar-refractivity contribution in [2.75, 3.05) is 27.2 Å². The van der Waals surface area contributed by atoms with Crippen LogP contribution in [-0.2, 0) is 22.5 Å². The molecule has 37 heavy (non-hydrogen) atoms. The Bertz CT molecular complexity index is 865. The fraction of sp³-hybridized carbons (Fsp3) is 0.606. The number of aryl methyl sites for hydroxylation is 1. The van der Waals surface area contributed by atoms with Crippen molar-refractivity contribution in [3.63, 3.8) is 0 Å². The van der Waals surface area contributed by atoms with Gasteiger partial charge in [-0.15, -0.1) is 0 Å². The van der Waals surface area contributed by atoms with Gasteiger partial charge in [-0.3, -0.25) is 0 Å². The fourth-order valence-electron chi connectivity index (χ4n) is 4.77. The van der Waals surface area contributed by atoms with Gasteiger partial charge in [-0.05, 0) is 37.5 Å². The molecule has 206 valence electrons. The number of ether oxygens (including phenoxy) is 2. The van der Waals surface area contributed by atoms with Crippen LogP contribution in [0.4, 0.5) is 0 Å². The molecular weight excluding hydrogens is 458 g/mol. The Morgan fingerprint density at radius 2 is 1.38 bits per heavy atom. The monoisotopic (exact) mass is 510 g/mol. The van der Waals surface area contributed by atoms with Crippen LogP contribution < -0.4 is 4.74 Å². The lowest BCUT2D eigenvalue weighted by atomic mass is 10.0. The summed E-state index contributed by atoms with van der Waals surface area (Å²) in [5, 5.41) is 0. The molecule has 0 aliphatic rings. The Labute approximate surface area is 227 Å². The van der Waals surface area contributed by atoms with Crippen molar-refractivity contribution in [2.24, 2.45) is 0 Å². The van der Waals surface area contributed by atoms with Crippen LogP contribution in [0.3, 0.4) is 0 Å². The first-order valence-corrected chi connectivity index (χ1v) is 14.6. The first-order chi connectivity index (χ1) is 17.9. The van der Waals surface area contributed by atoms with Crippen LogP contribution in [0.2, 0.25) is 0 Å². The summed E-state index contributed by atoms with van der Waals surface area (Å²) >= 11 is 0. The standard InChI is InChI=1S/C33H52NO3/c1-5-6-7-8-9-10-11-12-13-14-16-20-30-23-19-24-32(25-30)37-29(2)28-36-33(35)27-34(3,4)26-31-21-17-15-18-22-31/h15,17-19,21-25,29H,5-14,16,20,26-28H2,1-4H3/q+1. The first-order valence-electron chi connectivity index (χ1n) is 14.6. The lowest BCUT2D eigenvalue weighted by molar-refractivity contribution is -0.896. The number of rotatable bonds is 20. The molecule has 0 bridgehead atoms. The molecule has 0 N–H and O–H groups in total. The van der Waals surface area contributed by atoms with Crippen LogP contribution in [0.5, 0.6) is 5.75 Å². The van der Waals surface area contributed by atoms with Crippen LogP contribution in [0.1, 0.15) is 95.6 Å². The Kier molecular flexibility index (Phi) is 15.0. The smallest absolute Gasteiger partial charge is 0.361 e. The lowest BCUT2D eigenvalue weighted by Gasteiger charge is -2.28. The van der Waals surface area contributed by atoms with Gasteiger partial charge in [0.25, 0.3) is 0 Å². The zero-order valence-corrected chi connectivity index (χ0v) is 24.1. The molecule has 0 saturated heterocycles. The van der Waals surface area contributed by atoms with Crippen LogP contribution in [-0.4, -0.2) is 43.8 Å². The number of hydrogen-bond acceptors (Lipinski definition) is 3. The Morgan fingerprint density at radius 1 is 0.784 bits per heavy atom. The van der Waals surface area contributed by atoms with Crippen LogP contribution in [0.25, 0.3) is 0 Å². The van der Waals surface area contributed by atoms with Crippen LogP contribution >= 0.6 is 0 Å². The van der Waals surface area contributed by atoms with Gasteiger partial charge in [0.05, 0.1) is 14.1 Å². The molecule has 2 aromatic rings. The summed E-state index contributed by atoms with van der Waals surface area (Å²) in [6.07, 6.45) is 15.9. The molecule has 4 nitrogen and oxygen atoms in total. The highest BCUT2D eigenvalue weighted by atomic mass is 16.6. The molecule has 1 atom stereocenters. The molecule has 1 unspecified atom stereocenters. The van der Waals surface area contributed by atoms with Crippen molar-refractivity contribution >= 4 is 5.97 Å². The molecule has 4 heteroatoms. The van der Waals surface area contributed by atoms with Gasteiger partial charge in [0, 0.05) is 5.56 Å². The average Bonchev–Trinajstić information content (AvgIpc) is 2.86. The number of esters is 1. The third-order valence-electron chi connectivity index (χ3n) is 6.79. The summed E-state index contributed by atoms with van der Waals surface area (Å²) in [5.74, 6) is 0.658. The highest BCUT2D eigenvalue weighted by Gasteiger charge is 2.22. The van der Waals surface area contributed by atoms with E-state index in [-0.39, 0.29) is 18.7 Å². The van der Waals surface area contributed by atoms with E-state index in [0.717, 1.165) is 18.7 Å². The zero-order valence-electron chi connectivity index (χ0n) is 24.1. The molecular formula is C33H52NO3+. The molecule has 2 rings (SSSR count). The van der Waals surface area contributed by atoms with Gasteiger partial charge in [-0.2, -0.15) is 0 Å². The van der Waals surface area contributed by atoms with Crippen molar-refractivity contribution in [1.82, 2.24) is 0 Å². The summed E-state index contributed by atoms with van der Waals surface area (Å²) in [6, 6.07) is 18.6. The minimum Gasteiger partial charge on any atom is -0.487 e. The fourth-order valence-corrected chi connectivity index (χ4v) is 4.77. The van der Waals surface area contributed by atoms with Crippen molar-refractivity contribution in [1.29, 1.82) is 0 Å². The topological polar surface area (TPSA) is 35.5 Å². The van der Waals surface area contributed by atoms with Gasteiger partial charge in [0.2, 0.25) is 0 Å². The maximum Gasteiger partial charge on any atom is 0.361 e. The average molecular weight is 511 g/mol. The zero-order chi connectivity index (χ0) is 26.8. The van der Waals surface area contributed by atoms with E-state index in [9.17, 15) is 4.79 Å². The maximum atomic E-state index is 12.4. The predicted octanol–water partition coefficient (Wildman–Crippen LogP) is 8.13. The molecule has 0 heterocycles. The number of nitrogens with zero attached hydrogens (tertiary/aromatic N) is 1. The summed E-state index contributed by atoms with van der Waals surface area (Å²) in [6.45, 7) is 5.60. The Morgan fingerprint density at radius 3 is 2.03 bits per heavy atom. The molecule has 0 aromatic heterocycles. The minimum absolute atomic E-state index is 0.189. The summed E-state index contributed by atoms with van der Waals surface area (Å²) in [5.41, 5.74) is 2.53. The highest BCUT2D eigenvalue weighted by molar-refractivity contribution is 5.70. The van der Waals surface area contributed by atoms with E-state index in [0.29, 0.717) is 11.0 Å². The SMILES string of the molecule is CCCCCCCCCCCCCc1cccc(OC(C)COC(=O)C[N+](C)(C)Cc2ccccc2)c1. The quantitative estimate of drug-likeness (QED) is 0.102. The normalized spacial score (nSPS) is 12.3. The van der Waals surface area contributed by atoms with E-state index in [2.05, 4.69) is 51.4 Å². The second kappa shape index (κ2) is 18.0. The maximum absolute atomic E-state index is 12.4. The highest BCUT2D eigenvalue weighted by Crippen LogP contribution is 2.18. The second-order valence-corrected chi connectivity index (χ2v) is 11.3. The molecule has 0 fully saturated rings. The van der Waals surface area contributed by atoms with E-state index in [4.69, 9.17) is 9.47 Å². The number of quaternary nitrogens is 1. The molecule has 0 saturated carbocycles. The van der Waals surface area contributed by atoms with Crippen molar-refractivity contribution in [3.8, 4) is 5.75 Å². The van der Waals surface area contributed by atoms with E-state index < -0.39 is 0 Å². The number of benzene rings is 2. The molecule has 0 amide bonds. The van der Waals surface area contributed by atoms with E-state index in [1.54, 1.807) is 0 Å². The van der Waals surface area contributed by atoms with Crippen molar-refractivity contribution in [2.45, 2.75) is 104 Å². The number of unbranched alkanes of at least 4 members (excludes halogenated alkanes) is 10. The van der Waals surface area contributed by atoms with Gasteiger partial charge < -0.3 is 14.0 Å². The third-order valence-corrected chi connectivity index (χ3v) is 6.79. The lowest BCUT2D eigenvalue weighted by Crippen LogP contribution is -2.44. The summed E-state index contributed by atoms with van der Waals surface area (Å²) in [7, 11) is 4.10. The summed E-state index contributed by atoms with van der Waals surface area (Å²) < 4.78 is 12.2. The Hall–Kier alpha value is -2.33. The van der Waals surface area contributed by atoms with Gasteiger partial charge in [-0.1, -0.05) is 114 Å². The van der Waals surface area contributed by atoms with Gasteiger partial charge in [-0.25, -0.2) is 4.79 Å². The van der Waals surface area contributed by atoms with Crippen molar-refractivity contribution < 1.29 is 18.8 Å². The number of hydrogen-bond donors (Lipinski definition) is 0. The molecule has 0 aliphatic carbocycles. The van der Waals surface area contributed by atoms with E-state index in [1.165, 1.54) is 81.8 Å². The van der Waals surface area contributed by atoms with E-state index >= 15 is 0 Å². The third kappa shape index (κ3) is 14.9.